The topological polar surface area (TPSA) is 55.6 Å². The maximum atomic E-state index is 4.68. The Morgan fingerprint density at radius 3 is 2.83 bits per heavy atom. The average Bonchev–Trinajstić information content (AvgIpc) is 3.12. The van der Waals surface area contributed by atoms with E-state index in [1.165, 1.54) is 12.8 Å². The van der Waals surface area contributed by atoms with Crippen molar-refractivity contribution in [1.82, 2.24) is 19.7 Å². The summed E-state index contributed by atoms with van der Waals surface area (Å²) in [7, 11) is 0. The molecule has 3 aromatic rings. The zero-order valence-corrected chi connectivity index (χ0v) is 14.8. The molecule has 0 unspecified atom stereocenters. The lowest BCUT2D eigenvalue weighted by Crippen LogP contribution is -2.02. The Morgan fingerprint density at radius 1 is 1.08 bits per heavy atom. The quantitative estimate of drug-likeness (QED) is 0.359. The Hall–Kier alpha value is -2.08. The number of thioether (sulfide) groups is 1. The Kier molecular flexibility index (Phi) is 6.07. The third-order valence-corrected chi connectivity index (χ3v) is 4.68. The van der Waals surface area contributed by atoms with Gasteiger partial charge in [0.25, 0.3) is 0 Å². The van der Waals surface area contributed by atoms with Crippen molar-refractivity contribution in [3.05, 3.63) is 42.7 Å². The molecule has 1 N–H and O–H groups in total. The van der Waals surface area contributed by atoms with Crippen LogP contribution in [-0.2, 0) is 6.54 Å². The molecule has 0 fully saturated rings. The van der Waals surface area contributed by atoms with E-state index in [0.29, 0.717) is 0 Å². The maximum absolute atomic E-state index is 4.68. The molecule has 5 nitrogen and oxygen atoms in total. The fourth-order valence-electron chi connectivity index (χ4n) is 2.57. The molecular weight excluding hydrogens is 318 g/mol. The lowest BCUT2D eigenvalue weighted by molar-refractivity contribution is 0.554. The molecule has 0 radical (unpaired) electrons. The molecule has 1 aromatic carbocycles. The van der Waals surface area contributed by atoms with E-state index in [1.54, 1.807) is 11.8 Å². The number of benzene rings is 1. The molecule has 0 aliphatic carbocycles. The number of unbranched alkanes of at least 4 members (excludes halogenated alkanes) is 2. The molecule has 0 amide bonds. The van der Waals surface area contributed by atoms with Crippen molar-refractivity contribution in [3.8, 4) is 0 Å². The van der Waals surface area contributed by atoms with Crippen molar-refractivity contribution < 1.29 is 0 Å². The van der Waals surface area contributed by atoms with Gasteiger partial charge < -0.3 is 5.32 Å². The highest BCUT2D eigenvalue weighted by molar-refractivity contribution is 7.99. The number of nitrogens with one attached hydrogen (secondary N) is 1. The standard InChI is InChI=1S/C18H23N5S/c1-2-19-17-15-9-4-5-10-16(15)21-18(22-17)24-14-7-3-6-12-23-13-8-11-20-23/h4-5,8-11,13H,2-3,6-7,12,14H2,1H3,(H,19,21,22). The number of fused-ring (bicyclic) bond motifs is 1. The molecule has 2 aromatic heterocycles. The molecule has 3 rings (SSSR count). The molecule has 0 saturated carbocycles. The van der Waals surface area contributed by atoms with Crippen LogP contribution >= 0.6 is 11.8 Å². The summed E-state index contributed by atoms with van der Waals surface area (Å²) >= 11 is 1.74. The van der Waals surface area contributed by atoms with Crippen LogP contribution in [0.5, 0.6) is 0 Å². The third kappa shape index (κ3) is 4.47. The van der Waals surface area contributed by atoms with Crippen LogP contribution in [0.3, 0.4) is 0 Å². The van der Waals surface area contributed by atoms with Gasteiger partial charge in [-0.2, -0.15) is 5.10 Å². The van der Waals surface area contributed by atoms with Crippen LogP contribution in [0.25, 0.3) is 10.9 Å². The van der Waals surface area contributed by atoms with Crippen LogP contribution in [0.1, 0.15) is 26.2 Å². The van der Waals surface area contributed by atoms with Gasteiger partial charge >= 0.3 is 0 Å². The minimum absolute atomic E-state index is 0.858. The second-order valence-corrected chi connectivity index (χ2v) is 6.64. The number of rotatable bonds is 9. The summed E-state index contributed by atoms with van der Waals surface area (Å²) in [5.41, 5.74) is 1.00. The van der Waals surface area contributed by atoms with Crippen molar-refractivity contribution in [2.24, 2.45) is 0 Å². The van der Waals surface area contributed by atoms with Gasteiger partial charge in [-0.25, -0.2) is 9.97 Å². The Balaban J connectivity index is 1.51. The fourth-order valence-corrected chi connectivity index (χ4v) is 3.42. The second kappa shape index (κ2) is 8.68. The lowest BCUT2D eigenvalue weighted by Gasteiger charge is -2.09. The molecule has 24 heavy (non-hydrogen) atoms. The molecule has 2 heterocycles. The zero-order valence-electron chi connectivity index (χ0n) is 14.0. The van der Waals surface area contributed by atoms with E-state index in [4.69, 9.17) is 0 Å². The van der Waals surface area contributed by atoms with E-state index in [-0.39, 0.29) is 0 Å². The molecule has 0 aliphatic heterocycles. The Labute approximate surface area is 146 Å². The van der Waals surface area contributed by atoms with Crippen molar-refractivity contribution in [2.45, 2.75) is 37.9 Å². The van der Waals surface area contributed by atoms with Gasteiger partial charge in [-0.15, -0.1) is 0 Å². The number of anilines is 1. The molecule has 6 heteroatoms. The number of aryl methyl sites for hydroxylation is 1. The molecule has 126 valence electrons. The predicted molar refractivity (Wildman–Crippen MR) is 101 cm³/mol. The van der Waals surface area contributed by atoms with Gasteiger partial charge in [0.1, 0.15) is 5.82 Å². The summed E-state index contributed by atoms with van der Waals surface area (Å²) in [4.78, 5) is 9.35. The average molecular weight is 341 g/mol. The van der Waals surface area contributed by atoms with Crippen LogP contribution in [0, 0.1) is 0 Å². The largest absolute Gasteiger partial charge is 0.370 e. The summed E-state index contributed by atoms with van der Waals surface area (Å²) in [6.45, 7) is 3.94. The smallest absolute Gasteiger partial charge is 0.190 e. The summed E-state index contributed by atoms with van der Waals surface area (Å²) in [5, 5.41) is 9.51. The van der Waals surface area contributed by atoms with Gasteiger partial charge in [0.2, 0.25) is 0 Å². The number of aromatic nitrogens is 4. The van der Waals surface area contributed by atoms with Crippen LogP contribution in [-0.4, -0.2) is 32.0 Å². The Morgan fingerprint density at radius 2 is 2.00 bits per heavy atom. The van der Waals surface area contributed by atoms with Crippen LogP contribution < -0.4 is 5.32 Å². The minimum Gasteiger partial charge on any atom is -0.370 e. The van der Waals surface area contributed by atoms with Crippen LogP contribution in [0.4, 0.5) is 5.82 Å². The normalized spacial score (nSPS) is 11.0. The second-order valence-electron chi connectivity index (χ2n) is 5.58. The van der Waals surface area contributed by atoms with Gasteiger partial charge in [0.15, 0.2) is 5.16 Å². The first-order valence-electron chi connectivity index (χ1n) is 8.47. The van der Waals surface area contributed by atoms with Gasteiger partial charge in [-0.3, -0.25) is 4.68 Å². The lowest BCUT2D eigenvalue weighted by atomic mass is 10.2. The molecular formula is C18H23N5S. The number of para-hydroxylation sites is 1. The van der Waals surface area contributed by atoms with Crippen molar-refractivity contribution in [2.75, 3.05) is 17.6 Å². The fraction of sp³-hybridized carbons (Fsp3) is 0.389. The molecule has 0 spiro atoms. The van der Waals surface area contributed by atoms with E-state index in [9.17, 15) is 0 Å². The number of hydrogen-bond acceptors (Lipinski definition) is 5. The number of nitrogens with zero attached hydrogens (tertiary/aromatic N) is 4. The SMILES string of the molecule is CCNc1nc(SCCCCCn2cccn2)nc2ccccc12. The zero-order chi connectivity index (χ0) is 16.6. The van der Waals surface area contributed by atoms with E-state index in [1.807, 2.05) is 41.3 Å². The molecule has 0 saturated heterocycles. The predicted octanol–water partition coefficient (Wildman–Crippen LogP) is 4.22. The summed E-state index contributed by atoms with van der Waals surface area (Å²) in [6.07, 6.45) is 7.36. The van der Waals surface area contributed by atoms with Gasteiger partial charge in [0, 0.05) is 36.6 Å². The minimum atomic E-state index is 0.858. The summed E-state index contributed by atoms with van der Waals surface area (Å²) in [5.74, 6) is 1.98. The van der Waals surface area contributed by atoms with Crippen molar-refractivity contribution in [1.29, 1.82) is 0 Å². The van der Waals surface area contributed by atoms with Gasteiger partial charge in [0.05, 0.1) is 5.52 Å². The first kappa shape index (κ1) is 16.8. The third-order valence-electron chi connectivity index (χ3n) is 3.75. The maximum Gasteiger partial charge on any atom is 0.190 e. The van der Waals surface area contributed by atoms with E-state index < -0.39 is 0 Å². The summed E-state index contributed by atoms with van der Waals surface area (Å²) in [6, 6.07) is 10.1. The van der Waals surface area contributed by atoms with E-state index in [2.05, 4.69) is 33.4 Å². The van der Waals surface area contributed by atoms with Crippen LogP contribution in [0.2, 0.25) is 0 Å². The monoisotopic (exact) mass is 341 g/mol. The van der Waals surface area contributed by atoms with Gasteiger partial charge in [-0.1, -0.05) is 30.3 Å². The van der Waals surface area contributed by atoms with Crippen molar-refractivity contribution in [3.63, 3.8) is 0 Å². The van der Waals surface area contributed by atoms with E-state index >= 15 is 0 Å². The Bertz CT molecular complexity index is 757. The van der Waals surface area contributed by atoms with Crippen molar-refractivity contribution >= 4 is 28.5 Å². The van der Waals surface area contributed by atoms with Gasteiger partial charge in [-0.05, 0) is 38.0 Å². The summed E-state index contributed by atoms with van der Waals surface area (Å²) < 4.78 is 1.99. The molecule has 0 bridgehead atoms. The molecule has 0 atom stereocenters. The highest BCUT2D eigenvalue weighted by atomic mass is 32.2. The first-order valence-corrected chi connectivity index (χ1v) is 9.46. The number of hydrogen-bond donors (Lipinski definition) is 1. The highest BCUT2D eigenvalue weighted by Gasteiger charge is 2.07. The first-order chi connectivity index (χ1) is 11.9. The van der Waals surface area contributed by atoms with Crippen LogP contribution in [0.15, 0.2) is 47.9 Å². The van der Waals surface area contributed by atoms with E-state index in [0.717, 1.165) is 47.1 Å². The molecule has 0 aliphatic rings. The highest BCUT2D eigenvalue weighted by Crippen LogP contribution is 2.24.